The quantitative estimate of drug-likeness (QED) is 0.703. The van der Waals surface area contributed by atoms with Crippen LogP contribution in [0.5, 0.6) is 5.75 Å². The van der Waals surface area contributed by atoms with E-state index >= 15 is 0 Å². The second-order valence-electron chi connectivity index (χ2n) is 3.88. The van der Waals surface area contributed by atoms with E-state index in [1.165, 1.54) is 5.56 Å². The molecule has 1 radical (unpaired) electrons. The molecule has 0 saturated heterocycles. The smallest absolute Gasteiger partial charge is 0.119 e. The molecule has 0 heterocycles. The molecule has 1 rings (SSSR count). The van der Waals surface area contributed by atoms with Crippen molar-refractivity contribution in [3.05, 3.63) is 36.8 Å². The summed E-state index contributed by atoms with van der Waals surface area (Å²) in [5.41, 5.74) is 1.31. The van der Waals surface area contributed by atoms with Crippen molar-refractivity contribution < 1.29 is 4.74 Å². The minimum absolute atomic E-state index is 0.0532. The zero-order valence-electron chi connectivity index (χ0n) is 9.29. The molecule has 77 valence electrons. The molecule has 0 aliphatic rings. The van der Waals surface area contributed by atoms with Gasteiger partial charge in [0.15, 0.2) is 0 Å². The molecule has 14 heavy (non-hydrogen) atoms. The summed E-state index contributed by atoms with van der Waals surface area (Å²) in [5, 5.41) is 0. The van der Waals surface area contributed by atoms with Crippen molar-refractivity contribution in [3.63, 3.8) is 0 Å². The normalized spacial score (nSPS) is 12.9. The SMILES string of the molecule is [CH2]C(CC)Oc1cccc(C(C)C)c1. The van der Waals surface area contributed by atoms with Crippen molar-refractivity contribution in [1.29, 1.82) is 0 Å². The maximum Gasteiger partial charge on any atom is 0.119 e. The maximum absolute atomic E-state index is 5.64. The van der Waals surface area contributed by atoms with Gasteiger partial charge in [-0.2, -0.15) is 0 Å². The average Bonchev–Trinajstić information content (AvgIpc) is 2.18. The summed E-state index contributed by atoms with van der Waals surface area (Å²) in [6, 6.07) is 8.24. The molecule has 0 aromatic heterocycles. The van der Waals surface area contributed by atoms with Gasteiger partial charge in [-0.15, -0.1) is 0 Å². The molecule has 1 aromatic carbocycles. The van der Waals surface area contributed by atoms with Crippen molar-refractivity contribution in [2.75, 3.05) is 0 Å². The third kappa shape index (κ3) is 3.06. The maximum atomic E-state index is 5.64. The number of hydrogen-bond acceptors (Lipinski definition) is 1. The summed E-state index contributed by atoms with van der Waals surface area (Å²) in [4.78, 5) is 0. The standard InChI is InChI=1S/C13H19O/c1-5-11(4)14-13-8-6-7-12(9-13)10(2)3/h6-11H,4-5H2,1-3H3. The lowest BCUT2D eigenvalue weighted by atomic mass is 10.0. The van der Waals surface area contributed by atoms with Gasteiger partial charge >= 0.3 is 0 Å². The number of benzene rings is 1. The molecule has 0 N–H and O–H groups in total. The molecule has 1 nitrogen and oxygen atoms in total. The van der Waals surface area contributed by atoms with Crippen LogP contribution in [0.2, 0.25) is 0 Å². The molecular weight excluding hydrogens is 172 g/mol. The molecule has 0 aliphatic heterocycles. The lowest BCUT2D eigenvalue weighted by molar-refractivity contribution is 0.242. The zero-order chi connectivity index (χ0) is 10.6. The van der Waals surface area contributed by atoms with Crippen LogP contribution in [0.4, 0.5) is 0 Å². The van der Waals surface area contributed by atoms with Crippen LogP contribution in [0.3, 0.4) is 0 Å². The molecule has 1 unspecified atom stereocenters. The van der Waals surface area contributed by atoms with Gasteiger partial charge in [0.1, 0.15) is 5.75 Å². The van der Waals surface area contributed by atoms with Gasteiger partial charge in [-0.1, -0.05) is 32.9 Å². The van der Waals surface area contributed by atoms with E-state index in [1.807, 2.05) is 12.1 Å². The van der Waals surface area contributed by atoms with Crippen molar-refractivity contribution in [1.82, 2.24) is 0 Å². The third-order valence-electron chi connectivity index (χ3n) is 2.28. The van der Waals surface area contributed by atoms with E-state index in [1.54, 1.807) is 0 Å². The van der Waals surface area contributed by atoms with E-state index in [-0.39, 0.29) is 6.10 Å². The van der Waals surface area contributed by atoms with Crippen LogP contribution in [0, 0.1) is 6.92 Å². The highest BCUT2D eigenvalue weighted by Crippen LogP contribution is 2.21. The number of hydrogen-bond donors (Lipinski definition) is 0. The summed E-state index contributed by atoms with van der Waals surface area (Å²) in [6.07, 6.45) is 0.990. The molecule has 0 bridgehead atoms. The summed E-state index contributed by atoms with van der Waals surface area (Å²) >= 11 is 0. The van der Waals surface area contributed by atoms with Crippen LogP contribution in [0.15, 0.2) is 24.3 Å². The molecular formula is C13H19O. The van der Waals surface area contributed by atoms with Crippen LogP contribution >= 0.6 is 0 Å². The minimum Gasteiger partial charge on any atom is -0.490 e. The molecule has 0 amide bonds. The van der Waals surface area contributed by atoms with Crippen LogP contribution in [0.25, 0.3) is 0 Å². The summed E-state index contributed by atoms with van der Waals surface area (Å²) in [5.74, 6) is 1.47. The molecule has 0 spiro atoms. The van der Waals surface area contributed by atoms with E-state index in [0.717, 1.165) is 12.2 Å². The molecule has 1 heteroatoms. The van der Waals surface area contributed by atoms with E-state index in [9.17, 15) is 0 Å². The molecule has 0 saturated carbocycles. The van der Waals surface area contributed by atoms with Crippen molar-refractivity contribution >= 4 is 0 Å². The van der Waals surface area contributed by atoms with Gasteiger partial charge in [0.25, 0.3) is 0 Å². The second kappa shape index (κ2) is 5.04. The Balaban J connectivity index is 2.73. The molecule has 0 aliphatic carbocycles. The Kier molecular flexibility index (Phi) is 3.99. The van der Waals surface area contributed by atoms with Gasteiger partial charge in [0.05, 0.1) is 6.10 Å². The summed E-state index contributed by atoms with van der Waals surface area (Å²) < 4.78 is 5.64. The fourth-order valence-corrected chi connectivity index (χ4v) is 1.22. The lowest BCUT2D eigenvalue weighted by Gasteiger charge is -2.14. The highest BCUT2D eigenvalue weighted by atomic mass is 16.5. The van der Waals surface area contributed by atoms with Crippen LogP contribution in [-0.2, 0) is 0 Å². The van der Waals surface area contributed by atoms with E-state index in [2.05, 4.69) is 39.8 Å². The Morgan fingerprint density at radius 1 is 1.36 bits per heavy atom. The highest BCUT2D eigenvalue weighted by molar-refractivity contribution is 5.30. The Morgan fingerprint density at radius 3 is 2.64 bits per heavy atom. The first-order valence-electron chi connectivity index (χ1n) is 5.23. The van der Waals surface area contributed by atoms with Crippen LogP contribution in [-0.4, -0.2) is 6.10 Å². The van der Waals surface area contributed by atoms with Crippen molar-refractivity contribution in [3.8, 4) is 5.75 Å². The van der Waals surface area contributed by atoms with Gasteiger partial charge in [-0.25, -0.2) is 0 Å². The van der Waals surface area contributed by atoms with Gasteiger partial charge in [0, 0.05) is 0 Å². The average molecular weight is 191 g/mol. The Labute approximate surface area is 87.1 Å². The lowest BCUT2D eigenvalue weighted by Crippen LogP contribution is -2.10. The Morgan fingerprint density at radius 2 is 2.07 bits per heavy atom. The fraction of sp³-hybridized carbons (Fsp3) is 0.462. The van der Waals surface area contributed by atoms with Gasteiger partial charge < -0.3 is 4.74 Å². The Hall–Kier alpha value is -0.980. The first kappa shape index (κ1) is 11.1. The van der Waals surface area contributed by atoms with Crippen LogP contribution < -0.4 is 4.74 Å². The Bertz CT molecular complexity index is 278. The minimum atomic E-state index is 0.0532. The third-order valence-corrected chi connectivity index (χ3v) is 2.28. The van der Waals surface area contributed by atoms with E-state index < -0.39 is 0 Å². The number of ether oxygens (including phenoxy) is 1. The van der Waals surface area contributed by atoms with Gasteiger partial charge in [-0.05, 0) is 37.0 Å². The first-order valence-corrected chi connectivity index (χ1v) is 5.23. The van der Waals surface area contributed by atoms with Crippen molar-refractivity contribution in [2.45, 2.75) is 39.2 Å². The van der Waals surface area contributed by atoms with E-state index in [4.69, 9.17) is 4.74 Å². The topological polar surface area (TPSA) is 9.23 Å². The van der Waals surface area contributed by atoms with Gasteiger partial charge in [0.2, 0.25) is 0 Å². The monoisotopic (exact) mass is 191 g/mol. The fourth-order valence-electron chi connectivity index (χ4n) is 1.22. The van der Waals surface area contributed by atoms with Crippen LogP contribution in [0.1, 0.15) is 38.7 Å². The van der Waals surface area contributed by atoms with Crippen molar-refractivity contribution in [2.24, 2.45) is 0 Å². The predicted molar refractivity (Wildman–Crippen MR) is 60.6 cm³/mol. The first-order chi connectivity index (χ1) is 6.63. The number of rotatable bonds is 4. The molecule has 0 fully saturated rings. The van der Waals surface area contributed by atoms with E-state index in [0.29, 0.717) is 5.92 Å². The molecule has 1 atom stereocenters. The van der Waals surface area contributed by atoms with Gasteiger partial charge in [-0.3, -0.25) is 0 Å². The second-order valence-corrected chi connectivity index (χ2v) is 3.88. The summed E-state index contributed by atoms with van der Waals surface area (Å²) in [7, 11) is 0. The zero-order valence-corrected chi connectivity index (χ0v) is 9.29. The molecule has 1 aromatic rings. The summed E-state index contributed by atoms with van der Waals surface area (Å²) in [6.45, 7) is 10.3. The largest absolute Gasteiger partial charge is 0.490 e. The highest BCUT2D eigenvalue weighted by Gasteiger charge is 2.03. The predicted octanol–water partition coefficient (Wildman–Crippen LogP) is 3.80.